The van der Waals surface area contributed by atoms with E-state index < -0.39 is 5.92 Å². The van der Waals surface area contributed by atoms with E-state index in [0.29, 0.717) is 18.4 Å². The highest BCUT2D eigenvalue weighted by molar-refractivity contribution is 5.88. The van der Waals surface area contributed by atoms with Gasteiger partial charge in [-0.15, -0.1) is 0 Å². The molecule has 0 bridgehead atoms. The fourth-order valence-corrected chi connectivity index (χ4v) is 5.20. The van der Waals surface area contributed by atoms with Crippen molar-refractivity contribution in [2.75, 3.05) is 0 Å². The monoisotopic (exact) mass is 407 g/mol. The number of alkyl halides is 2. The summed E-state index contributed by atoms with van der Waals surface area (Å²) in [5.74, 6) is -2.53. The fourth-order valence-electron chi connectivity index (χ4n) is 5.20. The van der Waals surface area contributed by atoms with E-state index in [4.69, 9.17) is 0 Å². The standard InChI is InChI=1S/C27H31F2N/c1-2-27(28,29)23-12-7-15-26(30-19-18-23)22-11-6-14-25-21(16-17-22)10-5-9-20-8-3-4-13-24(20)25/h2-4,8,12-13,18-19,22H,1,5-7,9-11,14-17H2. The Morgan fingerprint density at radius 3 is 2.73 bits per heavy atom. The second kappa shape index (κ2) is 9.24. The first-order valence-corrected chi connectivity index (χ1v) is 11.3. The molecule has 0 N–H and O–H groups in total. The molecule has 0 saturated carbocycles. The molecule has 1 aromatic carbocycles. The molecule has 0 saturated heterocycles. The maximum atomic E-state index is 13.9. The Hall–Kier alpha value is -2.29. The van der Waals surface area contributed by atoms with E-state index >= 15 is 0 Å². The first-order chi connectivity index (χ1) is 14.6. The van der Waals surface area contributed by atoms with Crippen LogP contribution < -0.4 is 0 Å². The Balaban J connectivity index is 1.50. The highest BCUT2D eigenvalue weighted by Gasteiger charge is 2.29. The Morgan fingerprint density at radius 2 is 1.87 bits per heavy atom. The average Bonchev–Trinajstić information content (AvgIpc) is 2.87. The number of benzene rings is 1. The van der Waals surface area contributed by atoms with Gasteiger partial charge in [0.15, 0.2) is 0 Å². The lowest BCUT2D eigenvalue weighted by atomic mass is 9.81. The minimum Gasteiger partial charge on any atom is -0.265 e. The molecule has 0 radical (unpaired) electrons. The largest absolute Gasteiger partial charge is 0.291 e. The van der Waals surface area contributed by atoms with E-state index in [9.17, 15) is 8.78 Å². The van der Waals surface area contributed by atoms with Gasteiger partial charge in [0, 0.05) is 17.5 Å². The maximum absolute atomic E-state index is 13.9. The summed E-state index contributed by atoms with van der Waals surface area (Å²) in [5.41, 5.74) is 7.41. The summed E-state index contributed by atoms with van der Waals surface area (Å²) < 4.78 is 27.8. The fraction of sp³-hybridized carbons (Fsp3) is 0.444. The number of nitrogens with zero attached hydrogens (tertiary/aromatic N) is 1. The number of rotatable bonds is 3. The van der Waals surface area contributed by atoms with E-state index in [1.54, 1.807) is 23.4 Å². The van der Waals surface area contributed by atoms with Crippen LogP contribution in [0.25, 0.3) is 5.57 Å². The number of allylic oxidation sites excluding steroid dienone is 6. The van der Waals surface area contributed by atoms with Crippen molar-refractivity contribution in [2.45, 2.75) is 70.1 Å². The number of aliphatic imine (C=N–C) groups is 1. The molecule has 1 unspecified atom stereocenters. The lowest BCUT2D eigenvalue weighted by molar-refractivity contribution is 0.101. The van der Waals surface area contributed by atoms with Crippen molar-refractivity contribution in [2.24, 2.45) is 10.9 Å². The average molecular weight is 408 g/mol. The van der Waals surface area contributed by atoms with E-state index in [2.05, 4.69) is 35.8 Å². The van der Waals surface area contributed by atoms with Crippen LogP contribution in [0.2, 0.25) is 0 Å². The van der Waals surface area contributed by atoms with Crippen LogP contribution in [0, 0.1) is 5.92 Å². The second-order valence-electron chi connectivity index (χ2n) is 8.68. The Bertz CT molecular complexity index is 917. The SMILES string of the molecule is C=CC(F)(F)C1=CCCC(C2CCCC3=C(CCCc4ccccc43)CC2)=NC=C1. The van der Waals surface area contributed by atoms with Gasteiger partial charge in [-0.05, 0) is 99.0 Å². The number of hydrogen-bond donors (Lipinski definition) is 0. The summed E-state index contributed by atoms with van der Waals surface area (Å²) in [6.07, 6.45) is 16.0. The number of aryl methyl sites for hydroxylation is 1. The molecule has 3 aliphatic rings. The molecule has 1 nitrogen and oxygen atoms in total. The van der Waals surface area contributed by atoms with Crippen LogP contribution >= 0.6 is 0 Å². The summed E-state index contributed by atoms with van der Waals surface area (Å²) in [5, 5.41) is 0. The van der Waals surface area contributed by atoms with Crippen molar-refractivity contribution in [1.29, 1.82) is 0 Å². The highest BCUT2D eigenvalue weighted by Crippen LogP contribution is 2.39. The normalized spacial score (nSPS) is 22.9. The smallest absolute Gasteiger partial charge is 0.265 e. The minimum atomic E-state index is -2.98. The zero-order chi connectivity index (χ0) is 21.0. The molecule has 0 fully saturated rings. The van der Waals surface area contributed by atoms with Crippen LogP contribution in [0.4, 0.5) is 8.78 Å². The van der Waals surface area contributed by atoms with E-state index in [-0.39, 0.29) is 5.57 Å². The summed E-state index contributed by atoms with van der Waals surface area (Å²) in [6.45, 7) is 3.26. The molecular formula is C27H31F2N. The number of hydrogen-bond acceptors (Lipinski definition) is 1. The van der Waals surface area contributed by atoms with Gasteiger partial charge in [0.25, 0.3) is 5.92 Å². The highest BCUT2D eigenvalue weighted by atomic mass is 19.3. The third-order valence-electron chi connectivity index (χ3n) is 6.84. The van der Waals surface area contributed by atoms with Crippen molar-refractivity contribution >= 4 is 11.3 Å². The number of halogens is 2. The summed E-state index contributed by atoms with van der Waals surface area (Å²) in [7, 11) is 0. The molecule has 1 heterocycles. The summed E-state index contributed by atoms with van der Waals surface area (Å²) in [6, 6.07) is 8.93. The van der Waals surface area contributed by atoms with Crippen LogP contribution in [-0.2, 0) is 6.42 Å². The third kappa shape index (κ3) is 4.55. The molecular weight excluding hydrogens is 376 g/mol. The van der Waals surface area contributed by atoms with Gasteiger partial charge in [-0.1, -0.05) is 42.5 Å². The van der Waals surface area contributed by atoms with Gasteiger partial charge < -0.3 is 0 Å². The van der Waals surface area contributed by atoms with E-state index in [1.807, 2.05) is 0 Å². The van der Waals surface area contributed by atoms with Crippen LogP contribution in [0.5, 0.6) is 0 Å². The van der Waals surface area contributed by atoms with Crippen LogP contribution in [0.15, 0.2) is 71.4 Å². The summed E-state index contributed by atoms with van der Waals surface area (Å²) in [4.78, 5) is 4.65. The van der Waals surface area contributed by atoms with Crippen LogP contribution in [-0.4, -0.2) is 11.6 Å². The lowest BCUT2D eigenvalue weighted by Crippen LogP contribution is -2.18. The molecule has 2 aliphatic carbocycles. The molecule has 4 rings (SSSR count). The Labute approximate surface area is 179 Å². The lowest BCUT2D eigenvalue weighted by Gasteiger charge is -2.25. The van der Waals surface area contributed by atoms with Crippen molar-refractivity contribution in [3.05, 3.63) is 77.5 Å². The minimum absolute atomic E-state index is 0.00452. The first-order valence-electron chi connectivity index (χ1n) is 11.3. The van der Waals surface area contributed by atoms with Crippen LogP contribution in [0.1, 0.15) is 68.9 Å². The molecule has 0 spiro atoms. The van der Waals surface area contributed by atoms with Crippen molar-refractivity contribution in [3.63, 3.8) is 0 Å². The maximum Gasteiger partial charge on any atom is 0.291 e. The Kier molecular flexibility index (Phi) is 6.46. The molecule has 3 heteroatoms. The number of fused-ring (bicyclic) bond motifs is 2. The molecule has 1 aromatic rings. The van der Waals surface area contributed by atoms with Gasteiger partial charge in [0.1, 0.15) is 0 Å². The first kappa shape index (κ1) is 21.0. The Morgan fingerprint density at radius 1 is 1.00 bits per heavy atom. The van der Waals surface area contributed by atoms with Crippen LogP contribution in [0.3, 0.4) is 0 Å². The second-order valence-corrected chi connectivity index (χ2v) is 8.68. The summed E-state index contributed by atoms with van der Waals surface area (Å²) >= 11 is 0. The van der Waals surface area contributed by atoms with Crippen molar-refractivity contribution < 1.29 is 8.78 Å². The zero-order valence-corrected chi connectivity index (χ0v) is 17.7. The zero-order valence-electron chi connectivity index (χ0n) is 17.7. The molecule has 0 amide bonds. The third-order valence-corrected chi connectivity index (χ3v) is 6.84. The molecule has 30 heavy (non-hydrogen) atoms. The van der Waals surface area contributed by atoms with Crippen molar-refractivity contribution in [1.82, 2.24) is 0 Å². The van der Waals surface area contributed by atoms with Gasteiger partial charge >= 0.3 is 0 Å². The van der Waals surface area contributed by atoms with Gasteiger partial charge in [0.2, 0.25) is 0 Å². The van der Waals surface area contributed by atoms with Gasteiger partial charge in [-0.3, -0.25) is 4.99 Å². The topological polar surface area (TPSA) is 12.4 Å². The molecule has 1 aliphatic heterocycles. The predicted octanol–water partition coefficient (Wildman–Crippen LogP) is 7.85. The van der Waals surface area contributed by atoms with Crippen molar-refractivity contribution in [3.8, 4) is 0 Å². The van der Waals surface area contributed by atoms with Gasteiger partial charge in [0.05, 0.1) is 0 Å². The molecule has 158 valence electrons. The van der Waals surface area contributed by atoms with E-state index in [1.165, 1.54) is 42.2 Å². The predicted molar refractivity (Wildman–Crippen MR) is 122 cm³/mol. The molecule has 1 atom stereocenters. The molecule has 0 aromatic heterocycles. The van der Waals surface area contributed by atoms with Gasteiger partial charge in [-0.2, -0.15) is 8.78 Å². The van der Waals surface area contributed by atoms with E-state index in [0.717, 1.165) is 38.5 Å². The van der Waals surface area contributed by atoms with Gasteiger partial charge in [-0.25, -0.2) is 0 Å². The quantitative estimate of drug-likeness (QED) is 0.452.